The lowest BCUT2D eigenvalue weighted by Crippen LogP contribution is -2.09. The molecule has 3 heteroatoms. The minimum atomic E-state index is 0.146. The second kappa shape index (κ2) is 6.73. The van der Waals surface area contributed by atoms with Crippen LogP contribution in [-0.4, -0.2) is 7.11 Å². The molecule has 1 heterocycles. The lowest BCUT2D eigenvalue weighted by molar-refractivity contribution is 0.414. The summed E-state index contributed by atoms with van der Waals surface area (Å²) in [6, 6.07) is 12.7. The van der Waals surface area contributed by atoms with E-state index >= 15 is 0 Å². The van der Waals surface area contributed by atoms with E-state index in [0.29, 0.717) is 0 Å². The molecule has 1 aromatic heterocycles. The molecule has 0 saturated heterocycles. The van der Waals surface area contributed by atoms with Crippen LogP contribution in [0.2, 0.25) is 0 Å². The van der Waals surface area contributed by atoms with Gasteiger partial charge in [-0.15, -0.1) is 11.3 Å². The first-order valence-corrected chi connectivity index (χ1v) is 7.51. The normalized spacial score (nSPS) is 12.4. The van der Waals surface area contributed by atoms with Crippen LogP contribution < -0.4 is 10.5 Å². The van der Waals surface area contributed by atoms with E-state index in [9.17, 15) is 0 Å². The molecule has 2 N–H and O–H groups in total. The quantitative estimate of drug-likeness (QED) is 0.866. The maximum absolute atomic E-state index is 6.25. The lowest BCUT2D eigenvalue weighted by Gasteiger charge is -2.09. The molecule has 2 nitrogen and oxygen atoms in total. The highest BCUT2D eigenvalue weighted by Gasteiger charge is 2.09. The van der Waals surface area contributed by atoms with Crippen LogP contribution >= 0.6 is 11.3 Å². The van der Waals surface area contributed by atoms with Crippen molar-refractivity contribution in [2.24, 2.45) is 5.73 Å². The van der Waals surface area contributed by atoms with Crippen LogP contribution in [0.4, 0.5) is 0 Å². The maximum atomic E-state index is 6.25. The first-order valence-electron chi connectivity index (χ1n) is 6.70. The van der Waals surface area contributed by atoms with E-state index in [4.69, 9.17) is 10.5 Å². The Hall–Kier alpha value is -1.32. The first-order chi connectivity index (χ1) is 9.22. The summed E-state index contributed by atoms with van der Waals surface area (Å²) < 4.78 is 5.16. The number of hydrogen-bond donors (Lipinski definition) is 1. The second-order valence-electron chi connectivity index (χ2n) is 4.65. The maximum Gasteiger partial charge on any atom is 0.118 e. The zero-order chi connectivity index (χ0) is 13.7. The Morgan fingerprint density at radius 2 is 1.89 bits per heavy atom. The van der Waals surface area contributed by atoms with Crippen LogP contribution in [-0.2, 0) is 12.8 Å². The second-order valence-corrected chi connectivity index (χ2v) is 5.85. The molecule has 0 amide bonds. The largest absolute Gasteiger partial charge is 0.497 e. The van der Waals surface area contributed by atoms with Gasteiger partial charge in [-0.25, -0.2) is 0 Å². The van der Waals surface area contributed by atoms with Crippen LogP contribution in [0.15, 0.2) is 36.4 Å². The van der Waals surface area contributed by atoms with Crippen LogP contribution in [0.1, 0.15) is 34.7 Å². The number of nitrogens with two attached hydrogens (primary N) is 1. The Bertz CT molecular complexity index is 504. The standard InChI is InChI=1S/C16H21NOS/c1-3-14-9-11-16(19-14)15(17)10-6-12-4-7-13(18-2)8-5-12/h4-5,7-9,11,15H,3,6,10,17H2,1-2H3. The number of benzene rings is 1. The third-order valence-corrected chi connectivity index (χ3v) is 4.66. The van der Waals surface area contributed by atoms with Crippen LogP contribution in [0.3, 0.4) is 0 Å². The molecule has 102 valence electrons. The fraction of sp³-hybridized carbons (Fsp3) is 0.375. The number of hydrogen-bond acceptors (Lipinski definition) is 3. The van der Waals surface area contributed by atoms with Crippen molar-refractivity contribution in [1.29, 1.82) is 0 Å². The highest BCUT2D eigenvalue weighted by molar-refractivity contribution is 7.12. The Balaban J connectivity index is 1.90. The molecule has 1 unspecified atom stereocenters. The Morgan fingerprint density at radius 1 is 1.16 bits per heavy atom. The third-order valence-electron chi connectivity index (χ3n) is 3.30. The number of ether oxygens (including phenoxy) is 1. The van der Waals surface area contributed by atoms with Gasteiger partial charge in [0.25, 0.3) is 0 Å². The first kappa shape index (κ1) is 14.1. The van der Waals surface area contributed by atoms with E-state index in [1.165, 1.54) is 15.3 Å². The predicted molar refractivity (Wildman–Crippen MR) is 81.9 cm³/mol. The summed E-state index contributed by atoms with van der Waals surface area (Å²) in [5, 5.41) is 0. The molecular weight excluding hydrogens is 254 g/mol. The van der Waals surface area contributed by atoms with E-state index < -0.39 is 0 Å². The summed E-state index contributed by atoms with van der Waals surface area (Å²) in [6.45, 7) is 2.18. The van der Waals surface area contributed by atoms with Gasteiger partial charge in [-0.1, -0.05) is 19.1 Å². The molecule has 0 spiro atoms. The fourth-order valence-electron chi connectivity index (χ4n) is 2.04. The molecule has 0 bridgehead atoms. The van der Waals surface area contributed by atoms with E-state index in [2.05, 4.69) is 31.2 Å². The highest BCUT2D eigenvalue weighted by atomic mass is 32.1. The topological polar surface area (TPSA) is 35.2 Å². The van der Waals surface area contributed by atoms with Crippen molar-refractivity contribution in [3.8, 4) is 5.75 Å². The van der Waals surface area contributed by atoms with Gasteiger partial charge in [0.05, 0.1) is 7.11 Å². The number of rotatable bonds is 6. The van der Waals surface area contributed by atoms with Gasteiger partial charge in [-0.3, -0.25) is 0 Å². The summed E-state index contributed by atoms with van der Waals surface area (Å²) in [6.07, 6.45) is 3.08. The molecule has 0 aliphatic rings. The summed E-state index contributed by atoms with van der Waals surface area (Å²) >= 11 is 1.84. The van der Waals surface area contributed by atoms with Crippen LogP contribution in [0, 0.1) is 0 Å². The SMILES string of the molecule is CCc1ccc(C(N)CCc2ccc(OC)cc2)s1. The zero-order valence-corrected chi connectivity index (χ0v) is 12.4. The summed E-state index contributed by atoms with van der Waals surface area (Å²) in [5.74, 6) is 0.902. The van der Waals surface area contributed by atoms with Gasteiger partial charge in [0.2, 0.25) is 0 Å². The zero-order valence-electron chi connectivity index (χ0n) is 11.6. The number of methoxy groups -OCH3 is 1. The average Bonchev–Trinajstić information content (AvgIpc) is 2.94. The van der Waals surface area contributed by atoms with Crippen molar-refractivity contribution in [1.82, 2.24) is 0 Å². The average molecular weight is 275 g/mol. The summed E-state index contributed by atoms with van der Waals surface area (Å²) in [5.41, 5.74) is 7.56. The number of aryl methyl sites for hydroxylation is 2. The van der Waals surface area contributed by atoms with E-state index in [-0.39, 0.29) is 6.04 Å². The van der Waals surface area contributed by atoms with Crippen molar-refractivity contribution in [3.05, 3.63) is 51.7 Å². The monoisotopic (exact) mass is 275 g/mol. The molecule has 1 atom stereocenters. The molecule has 2 rings (SSSR count). The van der Waals surface area contributed by atoms with Crippen molar-refractivity contribution in [3.63, 3.8) is 0 Å². The Kier molecular flexibility index (Phi) is 5.00. The van der Waals surface area contributed by atoms with Crippen molar-refractivity contribution >= 4 is 11.3 Å². The molecule has 0 radical (unpaired) electrons. The molecular formula is C16H21NOS. The van der Waals surface area contributed by atoms with E-state index in [1.807, 2.05) is 23.5 Å². The van der Waals surface area contributed by atoms with Crippen molar-refractivity contribution in [2.75, 3.05) is 7.11 Å². The predicted octanol–water partition coefficient (Wildman–Crippen LogP) is 3.95. The van der Waals surface area contributed by atoms with Gasteiger partial charge in [0.1, 0.15) is 5.75 Å². The van der Waals surface area contributed by atoms with Gasteiger partial charge < -0.3 is 10.5 Å². The molecule has 2 aromatic rings. The van der Waals surface area contributed by atoms with Gasteiger partial charge in [0.15, 0.2) is 0 Å². The van der Waals surface area contributed by atoms with Crippen molar-refractivity contribution < 1.29 is 4.74 Å². The van der Waals surface area contributed by atoms with Gasteiger partial charge in [0, 0.05) is 15.8 Å². The van der Waals surface area contributed by atoms with Gasteiger partial charge >= 0.3 is 0 Å². The Labute approximate surface area is 119 Å². The van der Waals surface area contributed by atoms with E-state index in [0.717, 1.165) is 25.0 Å². The molecule has 0 fully saturated rings. The lowest BCUT2D eigenvalue weighted by atomic mass is 10.0. The molecule has 0 saturated carbocycles. The van der Waals surface area contributed by atoms with Gasteiger partial charge in [-0.2, -0.15) is 0 Å². The minimum Gasteiger partial charge on any atom is -0.497 e. The highest BCUT2D eigenvalue weighted by Crippen LogP contribution is 2.25. The molecule has 0 aliphatic heterocycles. The van der Waals surface area contributed by atoms with E-state index in [1.54, 1.807) is 7.11 Å². The molecule has 1 aromatic carbocycles. The third kappa shape index (κ3) is 3.82. The number of thiophene rings is 1. The smallest absolute Gasteiger partial charge is 0.118 e. The summed E-state index contributed by atoms with van der Waals surface area (Å²) in [7, 11) is 1.69. The van der Waals surface area contributed by atoms with Crippen molar-refractivity contribution in [2.45, 2.75) is 32.2 Å². The minimum absolute atomic E-state index is 0.146. The molecule has 0 aliphatic carbocycles. The van der Waals surface area contributed by atoms with Crippen LogP contribution in [0.5, 0.6) is 5.75 Å². The molecule has 19 heavy (non-hydrogen) atoms. The van der Waals surface area contributed by atoms with Crippen LogP contribution in [0.25, 0.3) is 0 Å². The Morgan fingerprint density at radius 3 is 2.47 bits per heavy atom. The summed E-state index contributed by atoms with van der Waals surface area (Å²) in [4.78, 5) is 2.71. The fourth-order valence-corrected chi connectivity index (χ4v) is 3.03. The van der Waals surface area contributed by atoms with Gasteiger partial charge in [-0.05, 0) is 49.1 Å².